The van der Waals surface area contributed by atoms with Gasteiger partial charge in [-0.1, -0.05) is 45.0 Å². The number of Topliss-reactive ketones (excluding diaryl/α,β-unsaturated/α-hetero) is 1. The van der Waals surface area contributed by atoms with Gasteiger partial charge >= 0.3 is 0 Å². The van der Waals surface area contributed by atoms with E-state index in [2.05, 4.69) is 18.3 Å². The van der Waals surface area contributed by atoms with Crippen molar-refractivity contribution in [3.05, 3.63) is 70.8 Å². The number of ketones is 1. The zero-order chi connectivity index (χ0) is 22.4. The molecule has 2 atom stereocenters. The van der Waals surface area contributed by atoms with E-state index in [4.69, 9.17) is 4.74 Å². The highest BCUT2D eigenvalue weighted by molar-refractivity contribution is 6.07. The molecule has 1 amide bonds. The van der Waals surface area contributed by atoms with Crippen molar-refractivity contribution < 1.29 is 14.3 Å². The number of fused-ring (bicyclic) bond motifs is 3. The third-order valence-electron chi connectivity index (χ3n) is 6.97. The molecule has 5 nitrogen and oxygen atoms in total. The average Bonchev–Trinajstić information content (AvgIpc) is 2.76. The van der Waals surface area contributed by atoms with Gasteiger partial charge in [-0.25, -0.2) is 0 Å². The van der Waals surface area contributed by atoms with E-state index < -0.39 is 10.8 Å². The van der Waals surface area contributed by atoms with Crippen molar-refractivity contribution in [2.75, 3.05) is 12.4 Å². The van der Waals surface area contributed by atoms with E-state index in [1.165, 1.54) is 0 Å². The lowest BCUT2D eigenvalue weighted by Gasteiger charge is -2.51. The molecule has 0 aromatic heterocycles. The number of nitriles is 1. The molecule has 0 heterocycles. The number of amides is 1. The summed E-state index contributed by atoms with van der Waals surface area (Å²) >= 11 is 0. The number of allylic oxidation sites excluding steroid dienone is 2. The molecule has 0 bridgehead atoms. The highest BCUT2D eigenvalue weighted by Gasteiger charge is 2.54. The summed E-state index contributed by atoms with van der Waals surface area (Å²) in [6, 6.07) is 15.2. The zero-order valence-electron chi connectivity index (χ0n) is 18.3. The summed E-state index contributed by atoms with van der Waals surface area (Å²) in [5.41, 5.74) is 2.35. The topological polar surface area (TPSA) is 79.2 Å². The fraction of sp³-hybridized carbons (Fsp3) is 0.346. The summed E-state index contributed by atoms with van der Waals surface area (Å²) in [4.78, 5) is 25.9. The lowest BCUT2D eigenvalue weighted by Crippen LogP contribution is -2.51. The molecule has 31 heavy (non-hydrogen) atoms. The maximum absolute atomic E-state index is 13.0. The van der Waals surface area contributed by atoms with Gasteiger partial charge in [0.25, 0.3) is 5.91 Å². The van der Waals surface area contributed by atoms with Gasteiger partial charge in [0.1, 0.15) is 11.8 Å². The van der Waals surface area contributed by atoms with Crippen LogP contribution in [0.15, 0.2) is 54.1 Å². The van der Waals surface area contributed by atoms with Crippen molar-refractivity contribution in [1.29, 1.82) is 5.26 Å². The zero-order valence-corrected chi connectivity index (χ0v) is 18.3. The Morgan fingerprint density at radius 2 is 1.90 bits per heavy atom. The Labute approximate surface area is 182 Å². The van der Waals surface area contributed by atoms with E-state index in [9.17, 15) is 14.9 Å². The van der Waals surface area contributed by atoms with Gasteiger partial charge in [0.2, 0.25) is 0 Å². The molecule has 0 spiro atoms. The van der Waals surface area contributed by atoms with Crippen molar-refractivity contribution in [2.45, 2.75) is 39.0 Å². The molecule has 0 saturated carbocycles. The number of hydrogen-bond donors (Lipinski definition) is 1. The van der Waals surface area contributed by atoms with Crippen LogP contribution in [0.25, 0.3) is 0 Å². The van der Waals surface area contributed by atoms with Gasteiger partial charge < -0.3 is 10.1 Å². The molecule has 5 heteroatoms. The van der Waals surface area contributed by atoms with E-state index in [-0.39, 0.29) is 23.2 Å². The van der Waals surface area contributed by atoms with Gasteiger partial charge in [-0.2, -0.15) is 5.26 Å². The summed E-state index contributed by atoms with van der Waals surface area (Å²) in [6.07, 6.45) is 3.40. The molecular formula is C26H26N2O3. The first-order valence-electron chi connectivity index (χ1n) is 10.5. The average molecular weight is 415 g/mol. The molecule has 0 aliphatic heterocycles. The Kier molecular flexibility index (Phi) is 4.97. The molecule has 0 fully saturated rings. The second-order valence-corrected chi connectivity index (χ2v) is 9.12. The monoisotopic (exact) mass is 414 g/mol. The Balaban J connectivity index is 1.82. The predicted octanol–water partition coefficient (Wildman–Crippen LogP) is 4.83. The summed E-state index contributed by atoms with van der Waals surface area (Å²) < 4.78 is 5.61. The minimum absolute atomic E-state index is 0.0609. The summed E-state index contributed by atoms with van der Waals surface area (Å²) in [7, 11) is 1.55. The number of carbonyl (C=O) groups excluding carboxylic acids is 2. The highest BCUT2D eigenvalue weighted by atomic mass is 16.5. The Morgan fingerprint density at radius 3 is 2.55 bits per heavy atom. The third kappa shape index (κ3) is 3.23. The number of rotatable bonds is 3. The summed E-state index contributed by atoms with van der Waals surface area (Å²) in [5, 5.41) is 12.5. The SMILES string of the molecule is COc1cc2c(cc1C(=O)Nc1ccccc1)CC[C@H]1C(C)(C)C(=O)C(C#N)=C[C@]21C. The Morgan fingerprint density at radius 1 is 1.19 bits per heavy atom. The first-order chi connectivity index (χ1) is 14.7. The lowest BCUT2D eigenvalue weighted by atomic mass is 9.51. The van der Waals surface area contributed by atoms with Crippen LogP contribution in [-0.2, 0) is 16.6 Å². The van der Waals surface area contributed by atoms with E-state index in [1.54, 1.807) is 7.11 Å². The van der Waals surface area contributed by atoms with Crippen LogP contribution < -0.4 is 10.1 Å². The molecular weight excluding hydrogens is 388 g/mol. The normalized spacial score (nSPS) is 23.6. The van der Waals surface area contributed by atoms with Crippen LogP contribution in [0.2, 0.25) is 0 Å². The second kappa shape index (κ2) is 7.39. The lowest BCUT2D eigenvalue weighted by molar-refractivity contribution is -0.128. The fourth-order valence-electron chi connectivity index (χ4n) is 5.43. The highest BCUT2D eigenvalue weighted by Crippen LogP contribution is 2.55. The van der Waals surface area contributed by atoms with Gasteiger partial charge in [-0.05, 0) is 54.2 Å². The first kappa shape index (κ1) is 20.9. The van der Waals surface area contributed by atoms with Crippen LogP contribution in [0.1, 0.15) is 48.7 Å². The van der Waals surface area contributed by atoms with E-state index in [1.807, 2.05) is 62.4 Å². The van der Waals surface area contributed by atoms with Gasteiger partial charge in [-0.15, -0.1) is 0 Å². The maximum atomic E-state index is 13.0. The third-order valence-corrected chi connectivity index (χ3v) is 6.97. The predicted molar refractivity (Wildman–Crippen MR) is 119 cm³/mol. The standard InChI is InChI=1S/C26H26N2O3/c1-25(2)22-11-10-16-12-19(24(30)28-18-8-6-5-7-9-18)21(31-4)13-20(16)26(22,3)14-17(15-27)23(25)29/h5-9,12-14,22H,10-11H2,1-4H3,(H,28,30)/t22-,26+/m0/s1. The molecule has 2 aromatic carbocycles. The number of para-hydroxylation sites is 1. The molecule has 0 saturated heterocycles. The Hall–Kier alpha value is -3.39. The van der Waals surface area contributed by atoms with Crippen LogP contribution >= 0.6 is 0 Å². The first-order valence-corrected chi connectivity index (χ1v) is 10.5. The van der Waals surface area contributed by atoms with Gasteiger partial charge in [0.15, 0.2) is 5.78 Å². The number of carbonyl (C=O) groups is 2. The van der Waals surface area contributed by atoms with Gasteiger partial charge in [0, 0.05) is 16.5 Å². The molecule has 2 aliphatic rings. The largest absolute Gasteiger partial charge is 0.496 e. The number of ether oxygens (including phenoxy) is 1. The summed E-state index contributed by atoms with van der Waals surface area (Å²) in [6.45, 7) is 5.96. The number of anilines is 1. The van der Waals surface area contributed by atoms with Crippen LogP contribution in [0.4, 0.5) is 5.69 Å². The minimum Gasteiger partial charge on any atom is -0.496 e. The van der Waals surface area contributed by atoms with Crippen LogP contribution in [0, 0.1) is 22.7 Å². The quantitative estimate of drug-likeness (QED) is 0.780. The molecule has 2 aliphatic carbocycles. The molecule has 0 unspecified atom stereocenters. The van der Waals surface area contributed by atoms with Crippen molar-refractivity contribution in [1.82, 2.24) is 0 Å². The number of methoxy groups -OCH3 is 1. The fourth-order valence-corrected chi connectivity index (χ4v) is 5.43. The van der Waals surface area contributed by atoms with Crippen LogP contribution in [-0.4, -0.2) is 18.8 Å². The maximum Gasteiger partial charge on any atom is 0.259 e. The van der Waals surface area contributed by atoms with Gasteiger partial charge in [-0.3, -0.25) is 9.59 Å². The van der Waals surface area contributed by atoms with Crippen LogP contribution in [0.5, 0.6) is 5.75 Å². The minimum atomic E-state index is -0.636. The number of nitrogens with one attached hydrogen (secondary N) is 1. The van der Waals surface area contributed by atoms with Crippen molar-refractivity contribution in [3.8, 4) is 11.8 Å². The van der Waals surface area contributed by atoms with Crippen molar-refractivity contribution in [3.63, 3.8) is 0 Å². The van der Waals surface area contributed by atoms with Crippen LogP contribution in [0.3, 0.4) is 0 Å². The number of hydrogen-bond acceptors (Lipinski definition) is 4. The number of benzene rings is 2. The number of aryl methyl sites for hydroxylation is 1. The molecule has 2 aromatic rings. The Bertz CT molecular complexity index is 1140. The van der Waals surface area contributed by atoms with E-state index >= 15 is 0 Å². The van der Waals surface area contributed by atoms with Crippen molar-refractivity contribution in [2.24, 2.45) is 11.3 Å². The van der Waals surface area contributed by atoms with Gasteiger partial charge in [0.05, 0.1) is 18.2 Å². The second-order valence-electron chi connectivity index (χ2n) is 9.12. The summed E-state index contributed by atoms with van der Waals surface area (Å²) in [5.74, 6) is 0.221. The molecule has 1 N–H and O–H groups in total. The smallest absolute Gasteiger partial charge is 0.259 e. The molecule has 158 valence electrons. The van der Waals surface area contributed by atoms with E-state index in [0.29, 0.717) is 17.0 Å². The molecule has 0 radical (unpaired) electrons. The van der Waals surface area contributed by atoms with E-state index in [0.717, 1.165) is 24.0 Å². The number of nitrogens with zero attached hydrogens (tertiary/aromatic N) is 1. The molecule has 4 rings (SSSR count). The van der Waals surface area contributed by atoms with Crippen molar-refractivity contribution >= 4 is 17.4 Å².